The van der Waals surface area contributed by atoms with Crippen molar-refractivity contribution in [3.8, 4) is 0 Å². The van der Waals surface area contributed by atoms with E-state index in [0.717, 1.165) is 6.54 Å². The van der Waals surface area contributed by atoms with Gasteiger partial charge in [0.05, 0.1) is 12.5 Å². The summed E-state index contributed by atoms with van der Waals surface area (Å²) in [4.78, 5) is 11.4. The number of hydrogen-bond acceptors (Lipinski definition) is 3. The van der Waals surface area contributed by atoms with Gasteiger partial charge in [-0.1, -0.05) is 6.92 Å². The molecule has 70 valence electrons. The second kappa shape index (κ2) is 3.90. The maximum absolute atomic E-state index is 11.4. The molecule has 3 atom stereocenters. The average Bonchev–Trinajstić information content (AvgIpc) is 2.32. The van der Waals surface area contributed by atoms with Crippen molar-refractivity contribution >= 4 is 5.97 Å². The normalized spacial score (nSPS) is 35.1. The molecule has 1 N–H and O–H groups in total. The van der Waals surface area contributed by atoms with E-state index < -0.39 is 0 Å². The van der Waals surface area contributed by atoms with Crippen LogP contribution in [0.15, 0.2) is 0 Å². The molecule has 1 aliphatic heterocycles. The van der Waals surface area contributed by atoms with Crippen LogP contribution in [0.3, 0.4) is 0 Å². The number of carbonyl (C=O) groups excluding carboxylic acids is 1. The molecular formula is C9H17NO2. The van der Waals surface area contributed by atoms with Crippen LogP contribution in [-0.4, -0.2) is 25.2 Å². The van der Waals surface area contributed by atoms with Gasteiger partial charge in [-0.3, -0.25) is 4.79 Å². The van der Waals surface area contributed by atoms with Crippen molar-refractivity contribution in [2.24, 2.45) is 11.8 Å². The van der Waals surface area contributed by atoms with Gasteiger partial charge >= 0.3 is 5.97 Å². The number of rotatable bonds is 2. The molecule has 0 radical (unpaired) electrons. The van der Waals surface area contributed by atoms with E-state index in [9.17, 15) is 4.79 Å². The van der Waals surface area contributed by atoms with Gasteiger partial charge in [-0.2, -0.15) is 0 Å². The van der Waals surface area contributed by atoms with E-state index in [4.69, 9.17) is 4.74 Å². The second-order valence-electron chi connectivity index (χ2n) is 3.45. The fourth-order valence-corrected chi connectivity index (χ4v) is 1.79. The van der Waals surface area contributed by atoms with Gasteiger partial charge in [0.1, 0.15) is 0 Å². The summed E-state index contributed by atoms with van der Waals surface area (Å²) >= 11 is 0. The van der Waals surface area contributed by atoms with Crippen LogP contribution in [0.5, 0.6) is 0 Å². The number of carbonyl (C=O) groups is 1. The van der Waals surface area contributed by atoms with Crippen LogP contribution in [0.4, 0.5) is 0 Å². The Hall–Kier alpha value is -0.570. The Morgan fingerprint density at radius 3 is 2.67 bits per heavy atom. The molecule has 0 unspecified atom stereocenters. The number of nitrogens with one attached hydrogen (secondary N) is 1. The highest BCUT2D eigenvalue weighted by molar-refractivity contribution is 5.74. The molecule has 0 aromatic carbocycles. The SMILES string of the molecule is CCOC(=O)[C@@H]1[C@H](C)CN[C@@H]1C. The van der Waals surface area contributed by atoms with Crippen molar-refractivity contribution in [3.05, 3.63) is 0 Å². The van der Waals surface area contributed by atoms with E-state index in [0.29, 0.717) is 12.5 Å². The minimum atomic E-state index is -0.0532. The Kier molecular flexibility index (Phi) is 3.09. The van der Waals surface area contributed by atoms with Gasteiger partial charge in [-0.25, -0.2) is 0 Å². The highest BCUT2D eigenvalue weighted by Crippen LogP contribution is 2.22. The third kappa shape index (κ3) is 1.78. The average molecular weight is 171 g/mol. The van der Waals surface area contributed by atoms with Crippen molar-refractivity contribution < 1.29 is 9.53 Å². The lowest BCUT2D eigenvalue weighted by molar-refractivity contribution is -0.149. The first-order chi connectivity index (χ1) is 5.66. The molecule has 1 fully saturated rings. The molecule has 1 saturated heterocycles. The summed E-state index contributed by atoms with van der Waals surface area (Å²) in [6.45, 7) is 7.36. The predicted octanol–water partition coefficient (Wildman–Crippen LogP) is 0.793. The first-order valence-corrected chi connectivity index (χ1v) is 4.56. The number of esters is 1. The van der Waals surface area contributed by atoms with Gasteiger partial charge in [-0.05, 0) is 26.3 Å². The smallest absolute Gasteiger partial charge is 0.310 e. The summed E-state index contributed by atoms with van der Waals surface area (Å²) in [6.07, 6.45) is 0. The lowest BCUT2D eigenvalue weighted by Gasteiger charge is -2.16. The fourth-order valence-electron chi connectivity index (χ4n) is 1.79. The Morgan fingerprint density at radius 1 is 1.58 bits per heavy atom. The lowest BCUT2D eigenvalue weighted by atomic mass is 9.93. The molecule has 12 heavy (non-hydrogen) atoms. The van der Waals surface area contributed by atoms with Crippen LogP contribution in [0.25, 0.3) is 0 Å². The van der Waals surface area contributed by atoms with Crippen molar-refractivity contribution in [1.82, 2.24) is 5.32 Å². The Balaban J connectivity index is 2.53. The van der Waals surface area contributed by atoms with Crippen molar-refractivity contribution in [3.63, 3.8) is 0 Å². The first-order valence-electron chi connectivity index (χ1n) is 4.56. The minimum absolute atomic E-state index is 0.0462. The van der Waals surface area contributed by atoms with E-state index in [1.165, 1.54) is 0 Å². The van der Waals surface area contributed by atoms with Crippen LogP contribution >= 0.6 is 0 Å². The molecule has 3 nitrogen and oxygen atoms in total. The molecular weight excluding hydrogens is 154 g/mol. The maximum atomic E-state index is 11.4. The summed E-state index contributed by atoms with van der Waals surface area (Å²) in [5.41, 5.74) is 0. The Bertz CT molecular complexity index is 160. The van der Waals surface area contributed by atoms with Crippen LogP contribution in [0, 0.1) is 11.8 Å². The van der Waals surface area contributed by atoms with Gasteiger partial charge in [0.2, 0.25) is 0 Å². The van der Waals surface area contributed by atoms with E-state index in [-0.39, 0.29) is 17.9 Å². The summed E-state index contributed by atoms with van der Waals surface area (Å²) in [7, 11) is 0. The van der Waals surface area contributed by atoms with E-state index >= 15 is 0 Å². The molecule has 0 spiro atoms. The Morgan fingerprint density at radius 2 is 2.25 bits per heavy atom. The highest BCUT2D eigenvalue weighted by Gasteiger charge is 2.36. The quantitative estimate of drug-likeness (QED) is 0.624. The summed E-state index contributed by atoms with van der Waals surface area (Å²) < 4.78 is 4.99. The molecule has 0 aromatic rings. The van der Waals surface area contributed by atoms with E-state index in [2.05, 4.69) is 12.2 Å². The standard InChI is InChI=1S/C9H17NO2/c1-4-12-9(11)8-6(2)5-10-7(8)3/h6-8,10H,4-5H2,1-3H3/t6-,7-,8-/m1/s1. The minimum Gasteiger partial charge on any atom is -0.466 e. The zero-order chi connectivity index (χ0) is 9.14. The molecule has 0 saturated carbocycles. The molecule has 1 aliphatic rings. The second-order valence-corrected chi connectivity index (χ2v) is 3.45. The third-order valence-electron chi connectivity index (χ3n) is 2.47. The van der Waals surface area contributed by atoms with Crippen LogP contribution in [0.2, 0.25) is 0 Å². The highest BCUT2D eigenvalue weighted by atomic mass is 16.5. The molecule has 0 aliphatic carbocycles. The van der Waals surface area contributed by atoms with Gasteiger partial charge in [0.25, 0.3) is 0 Å². The first kappa shape index (κ1) is 9.52. The third-order valence-corrected chi connectivity index (χ3v) is 2.47. The van der Waals surface area contributed by atoms with Crippen LogP contribution in [-0.2, 0) is 9.53 Å². The molecule has 1 rings (SSSR count). The predicted molar refractivity (Wildman–Crippen MR) is 46.8 cm³/mol. The molecule has 1 heterocycles. The van der Waals surface area contributed by atoms with Crippen LogP contribution < -0.4 is 5.32 Å². The molecule has 0 bridgehead atoms. The number of hydrogen-bond donors (Lipinski definition) is 1. The van der Waals surface area contributed by atoms with Gasteiger partial charge < -0.3 is 10.1 Å². The topological polar surface area (TPSA) is 38.3 Å². The van der Waals surface area contributed by atoms with Gasteiger partial charge in [-0.15, -0.1) is 0 Å². The molecule has 3 heteroatoms. The van der Waals surface area contributed by atoms with Crippen molar-refractivity contribution in [2.45, 2.75) is 26.8 Å². The lowest BCUT2D eigenvalue weighted by Crippen LogP contribution is -2.31. The fraction of sp³-hybridized carbons (Fsp3) is 0.889. The zero-order valence-electron chi connectivity index (χ0n) is 7.96. The maximum Gasteiger partial charge on any atom is 0.310 e. The van der Waals surface area contributed by atoms with Gasteiger partial charge in [0, 0.05) is 6.04 Å². The Labute approximate surface area is 73.5 Å². The number of ether oxygens (including phenoxy) is 1. The molecule has 0 aromatic heterocycles. The van der Waals surface area contributed by atoms with E-state index in [1.54, 1.807) is 0 Å². The van der Waals surface area contributed by atoms with Gasteiger partial charge in [0.15, 0.2) is 0 Å². The van der Waals surface area contributed by atoms with Crippen molar-refractivity contribution in [1.29, 1.82) is 0 Å². The van der Waals surface area contributed by atoms with Crippen LogP contribution in [0.1, 0.15) is 20.8 Å². The monoisotopic (exact) mass is 171 g/mol. The summed E-state index contributed by atoms with van der Waals surface area (Å²) in [6, 6.07) is 0.263. The zero-order valence-corrected chi connectivity index (χ0v) is 7.96. The van der Waals surface area contributed by atoms with Crippen molar-refractivity contribution in [2.75, 3.05) is 13.2 Å². The summed E-state index contributed by atoms with van der Waals surface area (Å²) in [5.74, 6) is 0.395. The molecule has 0 amide bonds. The summed E-state index contributed by atoms with van der Waals surface area (Å²) in [5, 5.41) is 3.26. The van der Waals surface area contributed by atoms with E-state index in [1.807, 2.05) is 13.8 Å². The largest absolute Gasteiger partial charge is 0.466 e.